The van der Waals surface area contributed by atoms with Crippen LogP contribution in [0.2, 0.25) is 0 Å². The molecule has 1 unspecified atom stereocenters. The first-order valence-electron chi connectivity index (χ1n) is 11.2. The second kappa shape index (κ2) is 10.2. The summed E-state index contributed by atoms with van der Waals surface area (Å²) in [6.07, 6.45) is 3.92. The number of aryl methyl sites for hydroxylation is 1. The van der Waals surface area contributed by atoms with E-state index in [1.807, 2.05) is 66.9 Å². The van der Waals surface area contributed by atoms with Gasteiger partial charge in [0.15, 0.2) is 0 Å². The van der Waals surface area contributed by atoms with Gasteiger partial charge in [-0.05, 0) is 30.5 Å². The molecule has 0 aliphatic carbocycles. The number of amides is 2. The van der Waals surface area contributed by atoms with Crippen LogP contribution >= 0.6 is 0 Å². The van der Waals surface area contributed by atoms with E-state index in [0.717, 1.165) is 46.3 Å². The molecule has 7 nitrogen and oxygen atoms in total. The monoisotopic (exact) mass is 443 g/mol. The number of hydrogen-bond acceptors (Lipinski definition) is 3. The van der Waals surface area contributed by atoms with Crippen LogP contribution in [0.3, 0.4) is 0 Å². The molecule has 170 valence electrons. The first-order chi connectivity index (χ1) is 16.0. The van der Waals surface area contributed by atoms with Crippen LogP contribution in [0.25, 0.3) is 22.2 Å². The van der Waals surface area contributed by atoms with Crippen molar-refractivity contribution in [1.82, 2.24) is 25.4 Å². The highest BCUT2D eigenvalue weighted by Crippen LogP contribution is 2.20. The van der Waals surface area contributed by atoms with Gasteiger partial charge in [-0.2, -0.15) is 5.10 Å². The minimum absolute atomic E-state index is 0.0925. The normalized spacial score (nSPS) is 11.9. The number of carbonyl (C=O) groups excluding carboxylic acids is 2. The van der Waals surface area contributed by atoms with Gasteiger partial charge in [0.05, 0.1) is 5.69 Å². The Bertz CT molecular complexity index is 1230. The maximum atomic E-state index is 13.2. The Kier molecular flexibility index (Phi) is 6.88. The summed E-state index contributed by atoms with van der Waals surface area (Å²) in [5.41, 5.74) is 5.05. The van der Waals surface area contributed by atoms with E-state index >= 15 is 0 Å². The van der Waals surface area contributed by atoms with Gasteiger partial charge in [0, 0.05) is 55.3 Å². The molecular weight excluding hydrogens is 414 g/mol. The van der Waals surface area contributed by atoms with E-state index in [-0.39, 0.29) is 11.8 Å². The second-order valence-electron chi connectivity index (χ2n) is 8.32. The highest BCUT2D eigenvalue weighted by molar-refractivity contribution is 5.89. The summed E-state index contributed by atoms with van der Waals surface area (Å²) < 4.78 is 0. The van der Waals surface area contributed by atoms with E-state index in [0.29, 0.717) is 13.0 Å². The lowest BCUT2D eigenvalue weighted by Crippen LogP contribution is -2.48. The van der Waals surface area contributed by atoms with Gasteiger partial charge < -0.3 is 15.2 Å². The van der Waals surface area contributed by atoms with Crippen LogP contribution < -0.4 is 5.32 Å². The van der Waals surface area contributed by atoms with Gasteiger partial charge in [0.2, 0.25) is 11.8 Å². The average molecular weight is 444 g/mol. The van der Waals surface area contributed by atoms with Crippen LogP contribution in [0.1, 0.15) is 24.6 Å². The van der Waals surface area contributed by atoms with E-state index in [4.69, 9.17) is 0 Å². The van der Waals surface area contributed by atoms with Crippen molar-refractivity contribution in [3.05, 3.63) is 78.1 Å². The maximum Gasteiger partial charge on any atom is 0.245 e. The number of nitrogens with zero attached hydrogens (tertiary/aromatic N) is 2. The Morgan fingerprint density at radius 3 is 2.64 bits per heavy atom. The topological polar surface area (TPSA) is 93.9 Å². The van der Waals surface area contributed by atoms with Gasteiger partial charge in [-0.25, -0.2) is 0 Å². The summed E-state index contributed by atoms with van der Waals surface area (Å²) in [5.74, 6) is -0.308. The molecule has 4 aromatic rings. The predicted molar refractivity (Wildman–Crippen MR) is 130 cm³/mol. The third-order valence-electron chi connectivity index (χ3n) is 5.79. The van der Waals surface area contributed by atoms with Crippen LogP contribution in [-0.4, -0.2) is 51.5 Å². The molecule has 4 rings (SSSR count). The highest BCUT2D eigenvalue weighted by Gasteiger charge is 2.24. The van der Waals surface area contributed by atoms with Crippen LogP contribution in [0.5, 0.6) is 0 Å². The number of nitrogens with one attached hydrogen (secondary N) is 3. The number of aromatic nitrogens is 3. The average Bonchev–Trinajstić information content (AvgIpc) is 3.46. The van der Waals surface area contributed by atoms with Crippen molar-refractivity contribution in [3.8, 4) is 11.3 Å². The van der Waals surface area contributed by atoms with Gasteiger partial charge >= 0.3 is 0 Å². The van der Waals surface area contributed by atoms with Crippen LogP contribution in [-0.2, 0) is 22.4 Å². The van der Waals surface area contributed by atoms with Gasteiger partial charge in [0.25, 0.3) is 0 Å². The second-order valence-corrected chi connectivity index (χ2v) is 8.32. The van der Waals surface area contributed by atoms with Crippen LogP contribution in [0.4, 0.5) is 0 Å². The molecule has 2 aromatic heterocycles. The molecule has 0 bridgehead atoms. The fraction of sp³-hybridized carbons (Fsp3) is 0.269. The summed E-state index contributed by atoms with van der Waals surface area (Å²) in [5, 5.41) is 11.4. The Morgan fingerprint density at radius 2 is 1.85 bits per heavy atom. The lowest BCUT2D eigenvalue weighted by Gasteiger charge is -2.24. The van der Waals surface area contributed by atoms with Crippen molar-refractivity contribution >= 4 is 22.7 Å². The van der Waals surface area contributed by atoms with Crippen LogP contribution in [0.15, 0.2) is 66.9 Å². The molecule has 0 saturated carbocycles. The standard InChI is InChI=1S/C26H29N5O2/c1-18(32)28-25(15-20-17-27-23-13-7-6-12-22(20)23)26(33)31(2)14-8-11-21-16-24(30-29-21)19-9-4-3-5-10-19/h3-7,9-10,12-13,16-17,25,27H,8,11,14-15H2,1-2H3,(H,28,32)(H,29,30). The van der Waals surface area contributed by atoms with Crippen molar-refractivity contribution in [1.29, 1.82) is 0 Å². The van der Waals surface area contributed by atoms with Gasteiger partial charge in [-0.3, -0.25) is 14.7 Å². The van der Waals surface area contributed by atoms with E-state index in [1.54, 1.807) is 11.9 Å². The molecule has 0 radical (unpaired) electrons. The predicted octanol–water partition coefficient (Wildman–Crippen LogP) is 3.70. The fourth-order valence-corrected chi connectivity index (χ4v) is 4.10. The van der Waals surface area contributed by atoms with Gasteiger partial charge in [-0.1, -0.05) is 48.5 Å². The van der Waals surface area contributed by atoms with E-state index in [2.05, 4.69) is 20.5 Å². The first kappa shape index (κ1) is 22.3. The van der Waals surface area contributed by atoms with Crippen molar-refractivity contribution < 1.29 is 9.59 Å². The van der Waals surface area contributed by atoms with Crippen molar-refractivity contribution in [3.63, 3.8) is 0 Å². The molecule has 1 atom stereocenters. The fourth-order valence-electron chi connectivity index (χ4n) is 4.10. The molecule has 0 spiro atoms. The Balaban J connectivity index is 1.35. The third-order valence-corrected chi connectivity index (χ3v) is 5.79. The summed E-state index contributed by atoms with van der Waals surface area (Å²) in [7, 11) is 1.79. The maximum absolute atomic E-state index is 13.2. The summed E-state index contributed by atoms with van der Waals surface area (Å²) in [4.78, 5) is 29.9. The first-order valence-corrected chi connectivity index (χ1v) is 11.2. The summed E-state index contributed by atoms with van der Waals surface area (Å²) in [6.45, 7) is 2.03. The molecule has 2 heterocycles. The minimum Gasteiger partial charge on any atom is -0.361 e. The number of rotatable bonds is 9. The highest BCUT2D eigenvalue weighted by atomic mass is 16.2. The Labute approximate surface area is 193 Å². The molecule has 2 aromatic carbocycles. The van der Waals surface area contributed by atoms with Gasteiger partial charge in [0.1, 0.15) is 6.04 Å². The number of fused-ring (bicyclic) bond motifs is 1. The molecule has 33 heavy (non-hydrogen) atoms. The van der Waals surface area contributed by atoms with Gasteiger partial charge in [-0.15, -0.1) is 0 Å². The molecular formula is C26H29N5O2. The number of H-pyrrole nitrogens is 2. The molecule has 0 saturated heterocycles. The van der Waals surface area contributed by atoms with E-state index < -0.39 is 6.04 Å². The molecule has 3 N–H and O–H groups in total. The lowest BCUT2D eigenvalue weighted by molar-refractivity contribution is -0.135. The zero-order valence-electron chi connectivity index (χ0n) is 19.0. The minimum atomic E-state index is -0.608. The molecule has 0 aliphatic rings. The third kappa shape index (κ3) is 5.49. The largest absolute Gasteiger partial charge is 0.361 e. The van der Waals surface area contributed by atoms with E-state index in [9.17, 15) is 9.59 Å². The molecule has 2 amide bonds. The lowest BCUT2D eigenvalue weighted by atomic mass is 10.0. The number of aromatic amines is 2. The zero-order valence-corrected chi connectivity index (χ0v) is 19.0. The quantitative estimate of drug-likeness (QED) is 0.368. The number of para-hydroxylation sites is 1. The van der Waals surface area contributed by atoms with Crippen molar-refractivity contribution in [2.24, 2.45) is 0 Å². The zero-order chi connectivity index (χ0) is 23.2. The number of benzene rings is 2. The van der Waals surface area contributed by atoms with Crippen molar-refractivity contribution in [2.75, 3.05) is 13.6 Å². The van der Waals surface area contributed by atoms with Crippen LogP contribution in [0, 0.1) is 0 Å². The Hall–Kier alpha value is -3.87. The number of carbonyl (C=O) groups is 2. The smallest absolute Gasteiger partial charge is 0.245 e. The SMILES string of the molecule is CC(=O)NC(Cc1c[nH]c2ccccc12)C(=O)N(C)CCCc1cc(-c2ccccc2)n[nH]1. The molecule has 0 aliphatic heterocycles. The summed E-state index contributed by atoms with van der Waals surface area (Å²) in [6, 6.07) is 19.4. The number of likely N-dealkylation sites (N-methyl/N-ethyl adjacent to an activating group) is 1. The molecule has 7 heteroatoms. The van der Waals surface area contributed by atoms with E-state index in [1.165, 1.54) is 6.92 Å². The number of hydrogen-bond donors (Lipinski definition) is 3. The Morgan fingerprint density at radius 1 is 1.09 bits per heavy atom. The summed E-state index contributed by atoms with van der Waals surface area (Å²) >= 11 is 0. The molecule has 0 fully saturated rings. The van der Waals surface area contributed by atoms with Crippen molar-refractivity contribution in [2.45, 2.75) is 32.2 Å².